The van der Waals surface area contributed by atoms with Crippen LogP contribution in [0.4, 0.5) is 0 Å². The van der Waals surface area contributed by atoms with E-state index >= 15 is 0 Å². The molecule has 2 atom stereocenters. The maximum absolute atomic E-state index is 2.51. The molecule has 0 rings (SSSR count). The highest BCUT2D eigenvalue weighted by Gasteiger charge is 2.04. The van der Waals surface area contributed by atoms with Crippen LogP contribution in [0.25, 0.3) is 0 Å². The van der Waals surface area contributed by atoms with Crippen molar-refractivity contribution in [2.45, 2.75) is 227 Å². The summed E-state index contributed by atoms with van der Waals surface area (Å²) in [5.41, 5.74) is 0. The van der Waals surface area contributed by atoms with Crippen molar-refractivity contribution in [3.63, 3.8) is 0 Å². The van der Waals surface area contributed by atoms with Gasteiger partial charge in [0.15, 0.2) is 0 Å². The molecule has 0 spiro atoms. The molecule has 37 heavy (non-hydrogen) atoms. The smallest absolute Gasteiger partial charge is 0.0443 e. The fourth-order valence-corrected chi connectivity index (χ4v) is 6.12. The SMILES string of the molecule is CCCCCCCCCCCCC[C@H](C)CCCCCCCCC[C@H](C)CCCCCCCCCCC. The molecule has 0 heteroatoms. The number of hydrogen-bond acceptors (Lipinski definition) is 0. The Morgan fingerprint density at radius 3 is 0.595 bits per heavy atom. The van der Waals surface area contributed by atoms with Crippen molar-refractivity contribution in [1.82, 2.24) is 0 Å². The van der Waals surface area contributed by atoms with Gasteiger partial charge in [0.25, 0.3) is 0 Å². The average Bonchev–Trinajstić information content (AvgIpc) is 2.89. The second kappa shape index (κ2) is 32.2. The predicted octanol–water partition coefficient (Wildman–Crippen LogP) is 14.4. The topological polar surface area (TPSA) is 0 Å². The lowest BCUT2D eigenvalue weighted by Crippen LogP contribution is -1.96. The molecule has 0 saturated carbocycles. The van der Waals surface area contributed by atoms with Gasteiger partial charge in [0.1, 0.15) is 0 Å². The van der Waals surface area contributed by atoms with Crippen LogP contribution in [-0.4, -0.2) is 0 Å². The zero-order chi connectivity index (χ0) is 27.1. The van der Waals surface area contributed by atoms with Gasteiger partial charge in [-0.05, 0) is 11.8 Å². The fourth-order valence-electron chi connectivity index (χ4n) is 6.12. The summed E-state index contributed by atoms with van der Waals surface area (Å²) < 4.78 is 0. The minimum atomic E-state index is 0.964. The van der Waals surface area contributed by atoms with Gasteiger partial charge in [0, 0.05) is 0 Å². The minimum Gasteiger partial charge on any atom is -0.0654 e. The Labute approximate surface area is 238 Å². The van der Waals surface area contributed by atoms with E-state index in [9.17, 15) is 0 Å². The van der Waals surface area contributed by atoms with Crippen molar-refractivity contribution in [1.29, 1.82) is 0 Å². The molecule has 0 N–H and O–H groups in total. The summed E-state index contributed by atoms with van der Waals surface area (Å²) in [6.45, 7) is 9.63. The van der Waals surface area contributed by atoms with Gasteiger partial charge in [0.05, 0.1) is 0 Å². The van der Waals surface area contributed by atoms with E-state index in [1.807, 2.05) is 0 Å². The molecule has 0 amide bonds. The van der Waals surface area contributed by atoms with Crippen LogP contribution in [0, 0.1) is 11.8 Å². The van der Waals surface area contributed by atoms with Gasteiger partial charge in [-0.1, -0.05) is 227 Å². The lowest BCUT2D eigenvalue weighted by atomic mass is 9.95. The molecule has 0 heterocycles. The van der Waals surface area contributed by atoms with E-state index in [4.69, 9.17) is 0 Å². The van der Waals surface area contributed by atoms with Gasteiger partial charge in [-0.15, -0.1) is 0 Å². The third-order valence-corrected chi connectivity index (χ3v) is 8.99. The van der Waals surface area contributed by atoms with Crippen LogP contribution in [0.3, 0.4) is 0 Å². The molecule has 0 aromatic heterocycles. The first-order chi connectivity index (χ1) is 18.2. The van der Waals surface area contributed by atoms with Crippen LogP contribution < -0.4 is 0 Å². The van der Waals surface area contributed by atoms with E-state index in [2.05, 4.69) is 27.7 Å². The third-order valence-electron chi connectivity index (χ3n) is 8.99. The van der Waals surface area contributed by atoms with Crippen LogP contribution in [-0.2, 0) is 0 Å². The second-order valence-electron chi connectivity index (χ2n) is 13.2. The first-order valence-electron chi connectivity index (χ1n) is 18.2. The Balaban J connectivity index is 3.23. The van der Waals surface area contributed by atoms with Crippen LogP contribution in [0.15, 0.2) is 0 Å². The van der Waals surface area contributed by atoms with Crippen LogP contribution in [0.1, 0.15) is 227 Å². The Morgan fingerprint density at radius 1 is 0.243 bits per heavy atom. The first-order valence-corrected chi connectivity index (χ1v) is 18.2. The zero-order valence-corrected chi connectivity index (χ0v) is 27.1. The molecular weight excluding hydrogens is 444 g/mol. The van der Waals surface area contributed by atoms with Crippen molar-refractivity contribution in [3.8, 4) is 0 Å². The van der Waals surface area contributed by atoms with E-state index in [0.717, 1.165) is 11.8 Å². The Kier molecular flexibility index (Phi) is 32.2. The highest BCUT2D eigenvalue weighted by atomic mass is 14.1. The fraction of sp³-hybridized carbons (Fsp3) is 1.00. The van der Waals surface area contributed by atoms with Gasteiger partial charge in [-0.3, -0.25) is 0 Å². The van der Waals surface area contributed by atoms with Crippen molar-refractivity contribution in [3.05, 3.63) is 0 Å². The zero-order valence-electron chi connectivity index (χ0n) is 27.1. The molecule has 0 aliphatic carbocycles. The van der Waals surface area contributed by atoms with E-state index < -0.39 is 0 Å². The maximum atomic E-state index is 2.51. The number of hydrogen-bond donors (Lipinski definition) is 0. The molecule has 0 fully saturated rings. The Hall–Kier alpha value is 0. The van der Waals surface area contributed by atoms with E-state index in [1.54, 1.807) is 0 Å². The lowest BCUT2D eigenvalue weighted by Gasteiger charge is -2.12. The summed E-state index contributed by atoms with van der Waals surface area (Å²) in [6.07, 6.45) is 45.6. The van der Waals surface area contributed by atoms with Gasteiger partial charge in [-0.2, -0.15) is 0 Å². The van der Waals surface area contributed by atoms with Crippen molar-refractivity contribution < 1.29 is 0 Å². The Morgan fingerprint density at radius 2 is 0.405 bits per heavy atom. The molecule has 0 radical (unpaired) electrons. The van der Waals surface area contributed by atoms with Crippen molar-refractivity contribution in [2.24, 2.45) is 11.8 Å². The maximum Gasteiger partial charge on any atom is -0.0443 e. The molecule has 0 aromatic rings. The van der Waals surface area contributed by atoms with Crippen molar-refractivity contribution >= 4 is 0 Å². The van der Waals surface area contributed by atoms with E-state index in [0.29, 0.717) is 0 Å². The number of unbranched alkanes of at least 4 members (excludes halogenated alkanes) is 24. The molecule has 0 aliphatic rings. The lowest BCUT2D eigenvalue weighted by molar-refractivity contribution is 0.421. The summed E-state index contributed by atoms with van der Waals surface area (Å²) in [6, 6.07) is 0. The molecule has 0 nitrogen and oxygen atoms in total. The summed E-state index contributed by atoms with van der Waals surface area (Å²) in [4.78, 5) is 0. The van der Waals surface area contributed by atoms with Crippen molar-refractivity contribution in [2.75, 3.05) is 0 Å². The normalized spacial score (nSPS) is 13.3. The number of rotatable bonds is 32. The molecule has 224 valence electrons. The van der Waals surface area contributed by atoms with Gasteiger partial charge in [0.2, 0.25) is 0 Å². The molecule has 0 aliphatic heterocycles. The summed E-state index contributed by atoms with van der Waals surface area (Å²) in [7, 11) is 0. The molecular formula is C37H76. The average molecular weight is 521 g/mol. The first kappa shape index (κ1) is 37.0. The largest absolute Gasteiger partial charge is 0.0654 e. The summed E-state index contributed by atoms with van der Waals surface area (Å²) >= 11 is 0. The Bertz CT molecular complexity index is 385. The summed E-state index contributed by atoms with van der Waals surface area (Å²) in [5.74, 6) is 1.93. The highest BCUT2D eigenvalue weighted by Crippen LogP contribution is 2.21. The van der Waals surface area contributed by atoms with Crippen LogP contribution in [0.5, 0.6) is 0 Å². The third kappa shape index (κ3) is 32.1. The summed E-state index contributed by atoms with van der Waals surface area (Å²) in [5, 5.41) is 0. The van der Waals surface area contributed by atoms with Crippen LogP contribution >= 0.6 is 0 Å². The quantitative estimate of drug-likeness (QED) is 0.0773. The van der Waals surface area contributed by atoms with Gasteiger partial charge in [-0.25, -0.2) is 0 Å². The highest BCUT2D eigenvalue weighted by molar-refractivity contribution is 4.58. The van der Waals surface area contributed by atoms with Gasteiger partial charge >= 0.3 is 0 Å². The van der Waals surface area contributed by atoms with Crippen LogP contribution in [0.2, 0.25) is 0 Å². The molecule has 0 unspecified atom stereocenters. The standard InChI is InChI=1S/C37H76/c1-5-7-9-11-13-15-16-18-21-25-29-33-37(4)35-31-27-23-19-22-26-30-34-36(3)32-28-24-20-17-14-12-10-8-6-2/h36-37H,5-35H2,1-4H3/t36-,37+/m1/s1. The minimum absolute atomic E-state index is 0.964. The monoisotopic (exact) mass is 521 g/mol. The predicted molar refractivity (Wildman–Crippen MR) is 173 cm³/mol. The molecule has 0 saturated heterocycles. The van der Waals surface area contributed by atoms with E-state index in [1.165, 1.54) is 199 Å². The second-order valence-corrected chi connectivity index (χ2v) is 13.2. The van der Waals surface area contributed by atoms with E-state index in [-0.39, 0.29) is 0 Å². The molecule has 0 aromatic carbocycles. The van der Waals surface area contributed by atoms with Gasteiger partial charge < -0.3 is 0 Å². The molecule has 0 bridgehead atoms.